The maximum atomic E-state index is 13.4. The number of halogens is 1. The molecular formula is C25H27ClN2O4. The van der Waals surface area contributed by atoms with Crippen molar-refractivity contribution in [3.05, 3.63) is 82.9 Å². The Hall–Kier alpha value is -3.09. The van der Waals surface area contributed by atoms with Gasteiger partial charge < -0.3 is 19.6 Å². The number of carbonyl (C=O) groups is 2. The van der Waals surface area contributed by atoms with Gasteiger partial charge in [-0.25, -0.2) is 0 Å². The van der Waals surface area contributed by atoms with Crippen LogP contribution in [0.5, 0.6) is 5.75 Å². The van der Waals surface area contributed by atoms with Crippen LogP contribution >= 0.6 is 11.6 Å². The predicted molar refractivity (Wildman–Crippen MR) is 122 cm³/mol. The number of Topliss-reactive ketones (excluding diaryl/α,β-unsaturated/α-hetero) is 1. The predicted octanol–water partition coefficient (Wildman–Crippen LogP) is 1.66. The number of nitrogens with one attached hydrogen (secondary N) is 1. The third kappa shape index (κ3) is 5.21. The Bertz CT molecular complexity index is 1010. The summed E-state index contributed by atoms with van der Waals surface area (Å²) in [5.41, 5.74) is 0.972. The number of rotatable bonds is 9. The van der Waals surface area contributed by atoms with E-state index in [-0.39, 0.29) is 5.57 Å². The van der Waals surface area contributed by atoms with E-state index in [4.69, 9.17) is 16.3 Å². The number of amides is 1. The molecule has 6 nitrogen and oxygen atoms in total. The van der Waals surface area contributed by atoms with E-state index in [2.05, 4.69) is 6.58 Å². The molecule has 3 rings (SSSR count). The topological polar surface area (TPSA) is 74.1 Å². The maximum absolute atomic E-state index is 13.4. The van der Waals surface area contributed by atoms with Gasteiger partial charge in [0.1, 0.15) is 12.4 Å². The van der Waals surface area contributed by atoms with Gasteiger partial charge in [0.15, 0.2) is 0 Å². The third-order valence-electron chi connectivity index (χ3n) is 5.28. The minimum absolute atomic E-state index is 0.0331. The summed E-state index contributed by atoms with van der Waals surface area (Å²) in [5.74, 6) is -1.27. The minimum Gasteiger partial charge on any atom is -0.872 e. The zero-order valence-corrected chi connectivity index (χ0v) is 19.0. The van der Waals surface area contributed by atoms with Crippen LogP contribution in [-0.4, -0.2) is 50.4 Å². The fourth-order valence-electron chi connectivity index (χ4n) is 3.71. The number of nitrogens with zero attached hydrogens (tertiary/aromatic N) is 1. The summed E-state index contributed by atoms with van der Waals surface area (Å²) in [5, 5.41) is 13.9. The summed E-state index contributed by atoms with van der Waals surface area (Å²) in [6, 6.07) is 12.7. The molecule has 2 aromatic rings. The molecule has 1 fully saturated rings. The van der Waals surface area contributed by atoms with Gasteiger partial charge in [-0.05, 0) is 35.4 Å². The molecule has 0 spiro atoms. The highest BCUT2D eigenvalue weighted by molar-refractivity contribution is 6.46. The van der Waals surface area contributed by atoms with Crippen molar-refractivity contribution in [1.82, 2.24) is 4.90 Å². The standard InChI is InChI=1S/C25H27ClN2O4/c1-4-16-32-20-12-8-18(9-13-20)23(29)21-22(17-6-10-19(26)11-7-17)28(25(31)24(21)30)15-5-14-27(2)3/h4,6-13,22,29H,1,5,14-16H2,2-3H3. The van der Waals surface area contributed by atoms with Gasteiger partial charge in [-0.3, -0.25) is 9.59 Å². The summed E-state index contributed by atoms with van der Waals surface area (Å²) in [6.07, 6.45) is 2.34. The average molecular weight is 455 g/mol. The molecule has 32 heavy (non-hydrogen) atoms. The van der Waals surface area contributed by atoms with Gasteiger partial charge in [-0.1, -0.05) is 54.3 Å². The number of ketones is 1. The lowest BCUT2D eigenvalue weighted by Gasteiger charge is -2.27. The molecule has 0 bridgehead atoms. The SMILES string of the molecule is C=CCOc1ccc(C([O-])=C2C(=O)C(=O)N(CCC[NH+](C)C)C2c2ccc(Cl)cc2)cc1. The Morgan fingerprint density at radius 2 is 1.81 bits per heavy atom. The molecule has 7 heteroatoms. The van der Waals surface area contributed by atoms with Gasteiger partial charge in [0.05, 0.1) is 26.7 Å². The molecule has 2 aromatic carbocycles. The lowest BCUT2D eigenvalue weighted by Crippen LogP contribution is -3.05. The third-order valence-corrected chi connectivity index (χ3v) is 5.53. The first-order chi connectivity index (χ1) is 15.3. The highest BCUT2D eigenvalue weighted by atomic mass is 35.5. The van der Waals surface area contributed by atoms with E-state index in [9.17, 15) is 14.7 Å². The Kier molecular flexibility index (Phi) is 7.72. The van der Waals surface area contributed by atoms with Crippen LogP contribution in [0.2, 0.25) is 5.02 Å². The Morgan fingerprint density at radius 3 is 2.41 bits per heavy atom. The fraction of sp³-hybridized carbons (Fsp3) is 0.280. The molecule has 0 saturated carbocycles. The van der Waals surface area contributed by atoms with Crippen LogP contribution in [-0.2, 0) is 9.59 Å². The average Bonchev–Trinajstić information content (AvgIpc) is 3.03. The van der Waals surface area contributed by atoms with E-state index in [1.165, 1.54) is 9.80 Å². The van der Waals surface area contributed by atoms with Crippen LogP contribution in [0.25, 0.3) is 5.76 Å². The molecular weight excluding hydrogens is 428 g/mol. The number of carbonyl (C=O) groups excluding carboxylic acids is 2. The van der Waals surface area contributed by atoms with Gasteiger partial charge in [-0.2, -0.15) is 0 Å². The van der Waals surface area contributed by atoms with Crippen molar-refractivity contribution < 1.29 is 24.3 Å². The first-order valence-electron chi connectivity index (χ1n) is 10.5. The Balaban J connectivity index is 2.02. The van der Waals surface area contributed by atoms with E-state index in [0.29, 0.717) is 41.5 Å². The van der Waals surface area contributed by atoms with Gasteiger partial charge >= 0.3 is 0 Å². The van der Waals surface area contributed by atoms with Crippen LogP contribution in [0.15, 0.2) is 66.8 Å². The molecule has 1 unspecified atom stereocenters. The number of benzene rings is 2. The smallest absolute Gasteiger partial charge is 0.295 e. The lowest BCUT2D eigenvalue weighted by molar-refractivity contribution is -0.858. The van der Waals surface area contributed by atoms with E-state index in [0.717, 1.165) is 6.54 Å². The normalized spacial score (nSPS) is 17.8. The number of quaternary nitrogens is 1. The van der Waals surface area contributed by atoms with Crippen LogP contribution < -0.4 is 14.7 Å². The molecule has 0 aromatic heterocycles. The molecule has 1 saturated heterocycles. The zero-order chi connectivity index (χ0) is 23.3. The van der Waals surface area contributed by atoms with Crippen molar-refractivity contribution >= 4 is 29.1 Å². The van der Waals surface area contributed by atoms with Crippen molar-refractivity contribution in [3.8, 4) is 5.75 Å². The van der Waals surface area contributed by atoms with Gasteiger partial charge in [-0.15, -0.1) is 0 Å². The van der Waals surface area contributed by atoms with Crippen molar-refractivity contribution in [3.63, 3.8) is 0 Å². The Labute approximate surface area is 193 Å². The van der Waals surface area contributed by atoms with E-state index < -0.39 is 23.5 Å². The van der Waals surface area contributed by atoms with Crippen molar-refractivity contribution in [1.29, 1.82) is 0 Å². The highest BCUT2D eigenvalue weighted by Crippen LogP contribution is 2.39. The zero-order valence-electron chi connectivity index (χ0n) is 18.3. The summed E-state index contributed by atoms with van der Waals surface area (Å²) < 4.78 is 5.46. The van der Waals surface area contributed by atoms with E-state index in [1.807, 2.05) is 14.1 Å². The second-order valence-electron chi connectivity index (χ2n) is 7.96. The van der Waals surface area contributed by atoms with Gasteiger partial charge in [0, 0.05) is 23.6 Å². The summed E-state index contributed by atoms with van der Waals surface area (Å²) in [7, 11) is 4.05. The monoisotopic (exact) mass is 454 g/mol. The van der Waals surface area contributed by atoms with Crippen LogP contribution in [0.1, 0.15) is 23.6 Å². The van der Waals surface area contributed by atoms with Crippen LogP contribution in [0.3, 0.4) is 0 Å². The second-order valence-corrected chi connectivity index (χ2v) is 8.40. The van der Waals surface area contributed by atoms with Gasteiger partial charge in [0.25, 0.3) is 5.91 Å². The minimum atomic E-state index is -0.751. The molecule has 1 aliphatic heterocycles. The fourth-order valence-corrected chi connectivity index (χ4v) is 3.83. The van der Waals surface area contributed by atoms with Crippen molar-refractivity contribution in [2.75, 3.05) is 33.8 Å². The number of hydrogen-bond donors (Lipinski definition) is 1. The first-order valence-corrected chi connectivity index (χ1v) is 10.9. The van der Waals surface area contributed by atoms with Crippen molar-refractivity contribution in [2.45, 2.75) is 12.5 Å². The number of ether oxygens (including phenoxy) is 1. The molecule has 168 valence electrons. The summed E-state index contributed by atoms with van der Waals surface area (Å²) >= 11 is 6.03. The maximum Gasteiger partial charge on any atom is 0.295 e. The summed E-state index contributed by atoms with van der Waals surface area (Å²) in [6.45, 7) is 5.17. The number of hydrogen-bond acceptors (Lipinski definition) is 4. The quantitative estimate of drug-likeness (QED) is 0.271. The van der Waals surface area contributed by atoms with Crippen LogP contribution in [0.4, 0.5) is 0 Å². The molecule has 1 atom stereocenters. The largest absolute Gasteiger partial charge is 0.872 e. The van der Waals surface area contributed by atoms with Crippen LogP contribution in [0, 0.1) is 0 Å². The lowest BCUT2D eigenvalue weighted by atomic mass is 9.95. The highest BCUT2D eigenvalue weighted by Gasteiger charge is 2.43. The van der Waals surface area contributed by atoms with E-state index >= 15 is 0 Å². The molecule has 1 N–H and O–H groups in total. The first kappa shape index (κ1) is 23.6. The van der Waals surface area contributed by atoms with Gasteiger partial charge in [0.2, 0.25) is 5.78 Å². The number of likely N-dealkylation sites (tertiary alicyclic amines) is 1. The Morgan fingerprint density at radius 1 is 1.16 bits per heavy atom. The molecule has 0 radical (unpaired) electrons. The summed E-state index contributed by atoms with van der Waals surface area (Å²) in [4.78, 5) is 28.6. The van der Waals surface area contributed by atoms with Crippen molar-refractivity contribution in [2.24, 2.45) is 0 Å². The second kappa shape index (κ2) is 10.5. The molecule has 0 aliphatic carbocycles. The molecule has 1 amide bonds. The molecule has 1 heterocycles. The molecule has 1 aliphatic rings. The van der Waals surface area contributed by atoms with E-state index in [1.54, 1.807) is 54.6 Å².